The molecule has 0 spiro atoms. The molecule has 28 heavy (non-hydrogen) atoms. The monoisotopic (exact) mass is 402 g/mol. The van der Waals surface area contributed by atoms with Gasteiger partial charge in [-0.15, -0.1) is 12.4 Å². The van der Waals surface area contributed by atoms with E-state index in [2.05, 4.69) is 26.9 Å². The average Bonchev–Trinajstić information content (AvgIpc) is 3.08. The van der Waals surface area contributed by atoms with Crippen molar-refractivity contribution in [2.24, 2.45) is 0 Å². The summed E-state index contributed by atoms with van der Waals surface area (Å²) in [6.07, 6.45) is 3.01. The van der Waals surface area contributed by atoms with Crippen LogP contribution in [0.3, 0.4) is 0 Å². The summed E-state index contributed by atoms with van der Waals surface area (Å²) >= 11 is 0. The Labute approximate surface area is 167 Å². The van der Waals surface area contributed by atoms with Crippen LogP contribution in [0, 0.1) is 12.7 Å². The van der Waals surface area contributed by atoms with Crippen molar-refractivity contribution in [1.82, 2.24) is 20.8 Å². The van der Waals surface area contributed by atoms with E-state index in [-0.39, 0.29) is 24.1 Å². The van der Waals surface area contributed by atoms with Gasteiger partial charge in [0.25, 0.3) is 11.6 Å². The Hall–Kier alpha value is -2.77. The Morgan fingerprint density at radius 3 is 2.82 bits per heavy atom. The molecule has 0 bridgehead atoms. The number of nitrogens with one attached hydrogen (secondary N) is 2. The van der Waals surface area contributed by atoms with Crippen LogP contribution < -0.4 is 10.6 Å². The van der Waals surface area contributed by atoms with Crippen LogP contribution in [0.5, 0.6) is 0 Å². The number of fused-ring (bicyclic) bond motifs is 1. The fraction of sp³-hybridized carbons (Fsp3) is 0.250. The largest absolute Gasteiger partial charge is 0.348 e. The van der Waals surface area contributed by atoms with E-state index >= 15 is 0 Å². The van der Waals surface area contributed by atoms with Gasteiger partial charge in [0, 0.05) is 18.7 Å². The van der Waals surface area contributed by atoms with Crippen molar-refractivity contribution in [3.63, 3.8) is 0 Å². The van der Waals surface area contributed by atoms with Crippen LogP contribution in [0.2, 0.25) is 0 Å². The van der Waals surface area contributed by atoms with Gasteiger partial charge in [-0.3, -0.25) is 4.79 Å². The molecule has 3 heterocycles. The Bertz CT molecular complexity index is 1030. The van der Waals surface area contributed by atoms with E-state index < -0.39 is 0 Å². The summed E-state index contributed by atoms with van der Waals surface area (Å²) in [4.78, 5) is 17.3. The van der Waals surface area contributed by atoms with Crippen LogP contribution >= 0.6 is 12.4 Å². The second kappa shape index (κ2) is 8.50. The molecule has 4 rings (SSSR count). The zero-order valence-corrected chi connectivity index (χ0v) is 16.1. The minimum Gasteiger partial charge on any atom is -0.348 e. The number of halogens is 2. The van der Waals surface area contributed by atoms with Gasteiger partial charge in [0.05, 0.1) is 22.3 Å². The third kappa shape index (κ3) is 4.05. The Morgan fingerprint density at radius 1 is 1.32 bits per heavy atom. The van der Waals surface area contributed by atoms with Gasteiger partial charge in [0.1, 0.15) is 5.82 Å². The number of rotatable bonds is 4. The summed E-state index contributed by atoms with van der Waals surface area (Å²) in [7, 11) is 0. The lowest BCUT2D eigenvalue weighted by molar-refractivity contribution is 0.0958. The van der Waals surface area contributed by atoms with E-state index in [0.717, 1.165) is 19.5 Å². The van der Waals surface area contributed by atoms with Crippen molar-refractivity contribution in [2.45, 2.75) is 13.3 Å². The van der Waals surface area contributed by atoms with Gasteiger partial charge < -0.3 is 15.2 Å². The summed E-state index contributed by atoms with van der Waals surface area (Å²) in [5.41, 5.74) is 3.78. The van der Waals surface area contributed by atoms with Gasteiger partial charge in [-0.25, -0.2) is 9.37 Å². The number of benzene rings is 1. The summed E-state index contributed by atoms with van der Waals surface area (Å²) in [5, 5.41) is 10.8. The molecule has 1 aliphatic rings. The van der Waals surface area contributed by atoms with Crippen molar-refractivity contribution in [3.8, 4) is 11.3 Å². The predicted octanol–water partition coefficient (Wildman–Crippen LogP) is 3.41. The highest BCUT2D eigenvalue weighted by atomic mass is 35.5. The smallest absolute Gasteiger partial charge is 0.259 e. The summed E-state index contributed by atoms with van der Waals surface area (Å²) in [6, 6.07) is 7.65. The van der Waals surface area contributed by atoms with Crippen LogP contribution in [-0.4, -0.2) is 35.7 Å². The number of aryl methyl sites for hydroxylation is 1. The van der Waals surface area contributed by atoms with Gasteiger partial charge in [0.15, 0.2) is 0 Å². The molecular weight excluding hydrogens is 383 g/mol. The SMILES string of the molecule is Cc1noc2nc(-c3ccc(F)cc3)cc(C(=O)NCC3=CCNCC3)c12.Cl. The van der Waals surface area contributed by atoms with Crippen molar-refractivity contribution < 1.29 is 13.7 Å². The first-order valence-electron chi connectivity index (χ1n) is 8.81. The Morgan fingerprint density at radius 2 is 2.11 bits per heavy atom. The van der Waals surface area contributed by atoms with E-state index in [1.807, 2.05) is 0 Å². The maximum absolute atomic E-state index is 13.2. The van der Waals surface area contributed by atoms with Crippen molar-refractivity contribution in [3.05, 3.63) is 59.1 Å². The van der Waals surface area contributed by atoms with Gasteiger partial charge in [0.2, 0.25) is 0 Å². The van der Waals surface area contributed by atoms with E-state index in [1.165, 1.54) is 17.7 Å². The van der Waals surface area contributed by atoms with E-state index in [9.17, 15) is 9.18 Å². The molecule has 8 heteroatoms. The number of carbonyl (C=O) groups excluding carboxylic acids is 1. The Kier molecular flexibility index (Phi) is 6.06. The second-order valence-corrected chi connectivity index (χ2v) is 6.51. The van der Waals surface area contributed by atoms with Gasteiger partial charge in [-0.05, 0) is 50.2 Å². The molecule has 0 fully saturated rings. The number of hydrogen-bond acceptors (Lipinski definition) is 5. The highest BCUT2D eigenvalue weighted by molar-refractivity contribution is 6.07. The van der Waals surface area contributed by atoms with Crippen LogP contribution in [-0.2, 0) is 0 Å². The summed E-state index contributed by atoms with van der Waals surface area (Å²) < 4.78 is 18.5. The van der Waals surface area contributed by atoms with Gasteiger partial charge >= 0.3 is 0 Å². The molecule has 3 aromatic rings. The molecule has 0 atom stereocenters. The number of amides is 1. The summed E-state index contributed by atoms with van der Waals surface area (Å²) in [6.45, 7) is 4.02. The Balaban J connectivity index is 0.00000225. The average molecular weight is 403 g/mol. The lowest BCUT2D eigenvalue weighted by Gasteiger charge is -2.15. The molecule has 1 aromatic carbocycles. The van der Waals surface area contributed by atoms with Gasteiger partial charge in [-0.1, -0.05) is 16.8 Å². The first-order chi connectivity index (χ1) is 13.1. The lowest BCUT2D eigenvalue weighted by Crippen LogP contribution is -2.29. The third-order valence-electron chi connectivity index (χ3n) is 4.64. The summed E-state index contributed by atoms with van der Waals surface area (Å²) in [5.74, 6) is -0.542. The molecule has 0 aliphatic carbocycles. The molecule has 0 radical (unpaired) electrons. The first-order valence-corrected chi connectivity index (χ1v) is 8.81. The van der Waals surface area contributed by atoms with Crippen LogP contribution in [0.1, 0.15) is 22.5 Å². The van der Waals surface area contributed by atoms with Crippen molar-refractivity contribution in [2.75, 3.05) is 19.6 Å². The molecule has 6 nitrogen and oxygen atoms in total. The number of carbonyl (C=O) groups is 1. The first kappa shape index (κ1) is 20.0. The number of pyridine rings is 1. The minimum absolute atomic E-state index is 0. The molecule has 2 aromatic heterocycles. The molecule has 0 saturated heterocycles. The molecule has 0 unspecified atom stereocenters. The van der Waals surface area contributed by atoms with E-state index in [4.69, 9.17) is 4.52 Å². The van der Waals surface area contributed by atoms with Gasteiger partial charge in [-0.2, -0.15) is 0 Å². The fourth-order valence-electron chi connectivity index (χ4n) is 3.16. The van der Waals surface area contributed by atoms with Crippen LogP contribution in [0.25, 0.3) is 22.4 Å². The van der Waals surface area contributed by atoms with E-state index in [0.29, 0.717) is 40.2 Å². The number of hydrogen-bond donors (Lipinski definition) is 2. The third-order valence-corrected chi connectivity index (χ3v) is 4.64. The maximum atomic E-state index is 13.2. The van der Waals surface area contributed by atoms with Crippen molar-refractivity contribution >= 4 is 29.4 Å². The normalized spacial score (nSPS) is 13.7. The molecular formula is C20H20ClFN4O2. The maximum Gasteiger partial charge on any atom is 0.259 e. The molecule has 0 saturated carbocycles. The zero-order chi connectivity index (χ0) is 18.8. The number of aromatic nitrogens is 2. The van der Waals surface area contributed by atoms with Crippen LogP contribution in [0.4, 0.5) is 4.39 Å². The van der Waals surface area contributed by atoms with E-state index in [1.54, 1.807) is 25.1 Å². The molecule has 2 N–H and O–H groups in total. The molecule has 1 amide bonds. The quantitative estimate of drug-likeness (QED) is 0.654. The lowest BCUT2D eigenvalue weighted by atomic mass is 10.0. The zero-order valence-electron chi connectivity index (χ0n) is 15.3. The van der Waals surface area contributed by atoms with Crippen LogP contribution in [0.15, 0.2) is 46.5 Å². The fourth-order valence-corrected chi connectivity index (χ4v) is 3.16. The molecule has 1 aliphatic heterocycles. The second-order valence-electron chi connectivity index (χ2n) is 6.51. The topological polar surface area (TPSA) is 80.0 Å². The standard InChI is InChI=1S/C20H19FN4O2.ClH/c1-12-18-16(19(26)23-11-13-6-8-22-9-7-13)10-17(24-20(18)27-25-12)14-2-4-15(21)5-3-14;/h2-6,10,22H,7-9,11H2,1H3,(H,23,26);1H. The predicted molar refractivity (Wildman–Crippen MR) is 107 cm³/mol. The number of nitrogens with zero attached hydrogens (tertiary/aromatic N) is 2. The minimum atomic E-state index is -0.330. The molecule has 146 valence electrons. The highest BCUT2D eigenvalue weighted by Crippen LogP contribution is 2.27. The van der Waals surface area contributed by atoms with Crippen molar-refractivity contribution in [1.29, 1.82) is 0 Å². The highest BCUT2D eigenvalue weighted by Gasteiger charge is 2.19.